The van der Waals surface area contributed by atoms with Crippen molar-refractivity contribution in [1.82, 2.24) is 0 Å². The van der Waals surface area contributed by atoms with Gasteiger partial charge in [0.1, 0.15) is 0 Å². The number of rotatable bonds is 2. The van der Waals surface area contributed by atoms with E-state index >= 15 is 0 Å². The summed E-state index contributed by atoms with van der Waals surface area (Å²) in [6.45, 7) is 0. The Morgan fingerprint density at radius 1 is 0.812 bits per heavy atom. The molecule has 4 N–H and O–H groups in total. The van der Waals surface area contributed by atoms with Crippen LogP contribution in [0, 0.1) is 0 Å². The van der Waals surface area contributed by atoms with Gasteiger partial charge in [0.25, 0.3) is 0 Å². The van der Waals surface area contributed by atoms with E-state index in [2.05, 4.69) is 7.45 Å². The molecule has 15 heteroatoms. The molecule has 0 fully saturated rings. The SMILES string of the molecule is O=C(O[As](=O)(O)O)O[As](=O)(O)O.[Ca+2].[Ca+2].[Ca+2].[Ca+2].[H-].[H-].[H-].[H-].[H-].[H-].[H-].[H-]. The first-order chi connectivity index (χ1) is 5.10. The average Bonchev–Trinajstić information content (AvgIpc) is 1.49. The Balaban J connectivity index is -0.00000000917. The molecule has 16 heavy (non-hydrogen) atoms. The molecule has 0 aromatic rings. The average molecular weight is 478 g/mol. The maximum atomic E-state index is 10.1. The van der Waals surface area contributed by atoms with Crippen molar-refractivity contribution in [3.05, 3.63) is 0 Å². The van der Waals surface area contributed by atoms with Crippen molar-refractivity contribution in [2.75, 3.05) is 0 Å². The molecular weight excluding hydrogens is 466 g/mol. The largest absolute Gasteiger partial charge is 2.00 e. The minimum atomic E-state index is -5.69. The molecule has 0 aromatic carbocycles. The molecule has 0 saturated heterocycles. The van der Waals surface area contributed by atoms with E-state index in [0.717, 1.165) is 0 Å². The molecule has 0 aliphatic carbocycles. The van der Waals surface area contributed by atoms with Crippen LogP contribution >= 0.6 is 0 Å². The summed E-state index contributed by atoms with van der Waals surface area (Å²) in [5.41, 5.74) is 0. The first kappa shape index (κ1) is 32.7. The van der Waals surface area contributed by atoms with Gasteiger partial charge in [-0.25, -0.2) is 0 Å². The summed E-state index contributed by atoms with van der Waals surface area (Å²) in [5.74, 6) is 0. The molecule has 0 spiro atoms. The van der Waals surface area contributed by atoms with Gasteiger partial charge in [-0.1, -0.05) is 0 Å². The van der Waals surface area contributed by atoms with Crippen LogP contribution in [-0.2, 0) is 14.9 Å². The molecule has 9 nitrogen and oxygen atoms in total. The van der Waals surface area contributed by atoms with Crippen molar-refractivity contribution in [2.45, 2.75) is 0 Å². The summed E-state index contributed by atoms with van der Waals surface area (Å²) in [7, 11) is 0. The van der Waals surface area contributed by atoms with Gasteiger partial charge < -0.3 is 11.4 Å². The first-order valence-electron chi connectivity index (χ1n) is 2.14. The fraction of sp³-hybridized carbons (Fsp3) is 0. The standard InChI is InChI=1S/CH4As2O9.4Ca.8H/c4-1(11-2(5,6)7)12-3(8,9)10;;;;;;;;;;;;/h(H2,5,6,7)(H2,8,9,10);;;;;;;;;;;;/q;4*+2;8*-1. The van der Waals surface area contributed by atoms with Gasteiger partial charge in [-0.3, -0.25) is 0 Å². The van der Waals surface area contributed by atoms with Crippen molar-refractivity contribution >= 4 is 186 Å². The molecule has 0 saturated carbocycles. The van der Waals surface area contributed by atoms with Crippen molar-refractivity contribution in [2.24, 2.45) is 0 Å². The summed E-state index contributed by atoms with van der Waals surface area (Å²) in [5, 5.41) is 0. The van der Waals surface area contributed by atoms with E-state index in [1.165, 1.54) is 0 Å². The van der Waals surface area contributed by atoms with E-state index in [0.29, 0.717) is 0 Å². The number of carbonyl (C=O) groups is 1. The van der Waals surface area contributed by atoms with Gasteiger partial charge in [0.2, 0.25) is 0 Å². The van der Waals surface area contributed by atoms with Gasteiger partial charge in [-0.15, -0.1) is 0 Å². The van der Waals surface area contributed by atoms with Crippen molar-refractivity contribution < 1.29 is 47.5 Å². The summed E-state index contributed by atoms with van der Waals surface area (Å²) in [4.78, 5) is 10.1. The third kappa shape index (κ3) is 27.2. The van der Waals surface area contributed by atoms with Crippen LogP contribution in [-0.4, -0.2) is 203 Å². The summed E-state index contributed by atoms with van der Waals surface area (Å²) >= 11 is -11.4. The molecule has 0 rings (SSSR count). The Kier molecular flexibility index (Phi) is 30.2. The van der Waals surface area contributed by atoms with Gasteiger partial charge in [0, 0.05) is 0 Å². The van der Waals surface area contributed by atoms with Crippen LogP contribution in [0.25, 0.3) is 0 Å². The minimum absolute atomic E-state index is 0. The minimum Gasteiger partial charge on any atom is -1.00 e. The fourth-order valence-corrected chi connectivity index (χ4v) is 1.46. The molecule has 0 radical (unpaired) electrons. The molecule has 0 amide bonds. The van der Waals surface area contributed by atoms with Crippen LogP contribution in [0.5, 0.6) is 0 Å². The van der Waals surface area contributed by atoms with Crippen molar-refractivity contribution in [3.8, 4) is 0 Å². The molecule has 88 valence electrons. The third-order valence-electron chi connectivity index (χ3n) is 0.387. The number of carbonyl (C=O) groups excluding carboxylic acids is 1. The van der Waals surface area contributed by atoms with E-state index in [-0.39, 0.29) is 162 Å². The smallest absolute Gasteiger partial charge is 1.00 e. The van der Waals surface area contributed by atoms with E-state index in [1.54, 1.807) is 0 Å². The topological polar surface area (TPSA) is 151 Å². The van der Waals surface area contributed by atoms with E-state index in [1.807, 2.05) is 0 Å². The Morgan fingerprint density at radius 2 is 1.00 bits per heavy atom. The molecule has 0 aliphatic heterocycles. The summed E-state index contributed by atoms with van der Waals surface area (Å²) < 4.78 is 58.2. The summed E-state index contributed by atoms with van der Waals surface area (Å²) in [6.07, 6.45) is -2.09. The zero-order chi connectivity index (χ0) is 9.99. The second kappa shape index (κ2) is 14.8. The Hall–Kier alpha value is 4.87. The molecule has 0 atom stereocenters. The van der Waals surface area contributed by atoms with E-state index in [4.69, 9.17) is 16.4 Å². The number of hydrogen-bond acceptors (Lipinski definition) is 5. The molecule has 0 unspecified atom stereocenters. The fourth-order valence-electron chi connectivity index (χ4n) is 0.211. The van der Waals surface area contributed by atoms with Gasteiger partial charge in [0.15, 0.2) is 0 Å². The van der Waals surface area contributed by atoms with Gasteiger partial charge >= 0.3 is 222 Å². The maximum Gasteiger partial charge on any atom is 2.00 e. The predicted molar refractivity (Wildman–Crippen MR) is 61.2 cm³/mol. The molecular formula is CH12As2Ca4O9. The second-order valence-electron chi connectivity index (χ2n) is 1.41. The maximum absolute atomic E-state index is 10.1. The number of hydrogen-bond donors (Lipinski definition) is 4. The van der Waals surface area contributed by atoms with Crippen molar-refractivity contribution in [3.63, 3.8) is 0 Å². The molecule has 0 aromatic heterocycles. The molecule has 0 bridgehead atoms. The quantitative estimate of drug-likeness (QED) is 0.293. The van der Waals surface area contributed by atoms with Crippen LogP contribution in [0.2, 0.25) is 0 Å². The van der Waals surface area contributed by atoms with E-state index < -0.39 is 35.2 Å². The van der Waals surface area contributed by atoms with Gasteiger partial charge in [0.05, 0.1) is 0 Å². The van der Waals surface area contributed by atoms with Crippen LogP contribution in [0.15, 0.2) is 0 Å². The van der Waals surface area contributed by atoms with Gasteiger partial charge in [-0.05, 0) is 0 Å². The zero-order valence-electron chi connectivity index (χ0n) is 16.1. The Morgan fingerprint density at radius 3 is 1.12 bits per heavy atom. The van der Waals surface area contributed by atoms with Crippen LogP contribution < -0.4 is 0 Å². The Labute approximate surface area is 228 Å². The molecule has 0 aliphatic rings. The monoisotopic (exact) mass is 478 g/mol. The Bertz CT molecular complexity index is 263. The zero-order valence-corrected chi connectivity index (χ0v) is 20.6. The normalized spacial score (nSPS) is 9.25. The first-order valence-corrected chi connectivity index (χ1v) is 8.56. The van der Waals surface area contributed by atoms with Crippen LogP contribution in [0.4, 0.5) is 4.79 Å². The van der Waals surface area contributed by atoms with Crippen LogP contribution in [0.1, 0.15) is 11.4 Å². The van der Waals surface area contributed by atoms with Crippen molar-refractivity contribution in [1.29, 1.82) is 0 Å². The summed E-state index contributed by atoms with van der Waals surface area (Å²) in [6, 6.07) is 0. The predicted octanol–water partition coefficient (Wildman–Crippen LogP) is -3.78. The third-order valence-corrected chi connectivity index (χ3v) is 2.01. The molecule has 0 heterocycles. The van der Waals surface area contributed by atoms with Gasteiger partial charge in [-0.2, -0.15) is 0 Å². The van der Waals surface area contributed by atoms with Crippen LogP contribution in [0.3, 0.4) is 0 Å². The van der Waals surface area contributed by atoms with E-state index in [9.17, 15) is 12.3 Å². The second-order valence-corrected chi connectivity index (χ2v) is 6.30.